The second-order valence-corrected chi connectivity index (χ2v) is 7.49. The zero-order chi connectivity index (χ0) is 20.3. The van der Waals surface area contributed by atoms with Gasteiger partial charge < -0.3 is 19.5 Å². The second-order valence-electron chi connectivity index (χ2n) is 7.08. The fraction of sp³-hybridized carbons (Fsp3) is 0.478. The Labute approximate surface area is 203 Å². The summed E-state index contributed by atoms with van der Waals surface area (Å²) in [7, 11) is 0. The summed E-state index contributed by atoms with van der Waals surface area (Å²) >= 11 is 6.22. The fourth-order valence-corrected chi connectivity index (χ4v) is 3.50. The lowest BCUT2D eigenvalue weighted by atomic mass is 10.2. The van der Waals surface area contributed by atoms with Crippen LogP contribution >= 0.6 is 36.4 Å². The van der Waals surface area contributed by atoms with E-state index in [1.165, 1.54) is 5.56 Å². The predicted molar refractivity (Wildman–Crippen MR) is 131 cm³/mol. The van der Waals surface area contributed by atoms with Crippen LogP contribution in [-0.2, 0) is 17.9 Å². The highest BCUT2D eigenvalue weighted by molar-refractivity contribution is 6.31. The van der Waals surface area contributed by atoms with Crippen LogP contribution in [0.3, 0.4) is 0 Å². The Morgan fingerprint density at radius 1 is 1.03 bits per heavy atom. The lowest BCUT2D eigenvalue weighted by Crippen LogP contribution is -2.37. The van der Waals surface area contributed by atoms with E-state index >= 15 is 0 Å². The van der Waals surface area contributed by atoms with Crippen molar-refractivity contribution in [1.82, 2.24) is 10.2 Å². The lowest BCUT2D eigenvalue weighted by molar-refractivity contribution is 0.0374. The first-order valence-corrected chi connectivity index (χ1v) is 10.8. The fourth-order valence-electron chi connectivity index (χ4n) is 3.31. The molecule has 0 spiro atoms. The van der Waals surface area contributed by atoms with Gasteiger partial charge in [-0.15, -0.1) is 24.8 Å². The summed E-state index contributed by atoms with van der Waals surface area (Å²) in [6.07, 6.45) is 1.14. The first-order chi connectivity index (χ1) is 14.3. The highest BCUT2D eigenvalue weighted by Gasteiger charge is 2.10. The van der Waals surface area contributed by atoms with Crippen LogP contribution in [0.4, 0.5) is 0 Å². The van der Waals surface area contributed by atoms with Gasteiger partial charge in [0, 0.05) is 30.2 Å². The van der Waals surface area contributed by atoms with Gasteiger partial charge in [0.1, 0.15) is 6.61 Å². The third-order valence-electron chi connectivity index (χ3n) is 4.91. The van der Waals surface area contributed by atoms with E-state index in [0.29, 0.717) is 18.2 Å². The van der Waals surface area contributed by atoms with Gasteiger partial charge in [0.15, 0.2) is 11.5 Å². The number of morpholine rings is 1. The van der Waals surface area contributed by atoms with E-state index in [1.54, 1.807) is 0 Å². The van der Waals surface area contributed by atoms with E-state index in [1.807, 2.05) is 37.3 Å². The minimum absolute atomic E-state index is 0. The van der Waals surface area contributed by atoms with Gasteiger partial charge in [0.25, 0.3) is 0 Å². The van der Waals surface area contributed by atoms with Crippen LogP contribution in [0.2, 0.25) is 5.02 Å². The summed E-state index contributed by atoms with van der Waals surface area (Å²) in [6.45, 7) is 9.74. The quantitative estimate of drug-likeness (QED) is 0.449. The zero-order valence-electron chi connectivity index (χ0n) is 18.0. The van der Waals surface area contributed by atoms with Crippen molar-refractivity contribution < 1.29 is 14.2 Å². The largest absolute Gasteiger partial charge is 0.490 e. The van der Waals surface area contributed by atoms with E-state index in [2.05, 4.69) is 22.3 Å². The molecule has 1 heterocycles. The molecule has 1 aliphatic heterocycles. The molecule has 1 saturated heterocycles. The molecule has 0 amide bonds. The summed E-state index contributed by atoms with van der Waals surface area (Å²) < 4.78 is 17.2. The van der Waals surface area contributed by atoms with E-state index in [-0.39, 0.29) is 24.8 Å². The molecular weight excluding hydrogens is 459 g/mol. The van der Waals surface area contributed by atoms with Crippen molar-refractivity contribution >= 4 is 36.4 Å². The molecule has 2 aromatic rings. The Bertz CT molecular complexity index is 759. The minimum Gasteiger partial charge on any atom is -0.490 e. The molecule has 0 aromatic heterocycles. The molecule has 0 bridgehead atoms. The van der Waals surface area contributed by atoms with Gasteiger partial charge in [-0.1, -0.05) is 35.9 Å². The van der Waals surface area contributed by atoms with Crippen molar-refractivity contribution in [3.63, 3.8) is 0 Å². The Morgan fingerprint density at radius 3 is 2.55 bits per heavy atom. The molecule has 31 heavy (non-hydrogen) atoms. The summed E-state index contributed by atoms with van der Waals surface area (Å²) in [4.78, 5) is 2.46. The van der Waals surface area contributed by atoms with Gasteiger partial charge >= 0.3 is 0 Å². The second kappa shape index (κ2) is 15.6. The van der Waals surface area contributed by atoms with E-state index in [0.717, 1.165) is 69.4 Å². The normalized spacial score (nSPS) is 13.7. The van der Waals surface area contributed by atoms with Crippen molar-refractivity contribution in [1.29, 1.82) is 0 Å². The Hall–Kier alpha value is -1.21. The van der Waals surface area contributed by atoms with E-state index < -0.39 is 0 Å². The SMILES string of the molecule is CCOc1cc(CNCCCN2CCOCC2)ccc1OCc1ccccc1Cl.Cl.Cl. The smallest absolute Gasteiger partial charge is 0.161 e. The van der Waals surface area contributed by atoms with E-state index in [4.69, 9.17) is 25.8 Å². The Kier molecular flexibility index (Phi) is 14.0. The third-order valence-corrected chi connectivity index (χ3v) is 5.28. The number of nitrogens with zero attached hydrogens (tertiary/aromatic N) is 1. The molecule has 0 radical (unpaired) electrons. The van der Waals surface area contributed by atoms with Crippen LogP contribution in [-0.4, -0.2) is 50.9 Å². The maximum absolute atomic E-state index is 6.22. The maximum Gasteiger partial charge on any atom is 0.161 e. The molecular formula is C23H33Cl3N2O3. The number of benzene rings is 2. The average molecular weight is 492 g/mol. The van der Waals surface area contributed by atoms with Crippen LogP contribution in [0.25, 0.3) is 0 Å². The summed E-state index contributed by atoms with van der Waals surface area (Å²) in [5.74, 6) is 1.51. The van der Waals surface area contributed by atoms with Gasteiger partial charge in [0.05, 0.1) is 19.8 Å². The maximum atomic E-state index is 6.22. The van der Waals surface area contributed by atoms with Crippen LogP contribution < -0.4 is 14.8 Å². The van der Waals surface area contributed by atoms with Crippen LogP contribution in [0, 0.1) is 0 Å². The van der Waals surface area contributed by atoms with Gasteiger partial charge in [-0.05, 0) is 50.2 Å². The van der Waals surface area contributed by atoms with Crippen LogP contribution in [0.15, 0.2) is 42.5 Å². The van der Waals surface area contributed by atoms with Crippen molar-refractivity contribution in [3.05, 3.63) is 58.6 Å². The third kappa shape index (κ3) is 9.44. The van der Waals surface area contributed by atoms with Crippen molar-refractivity contribution in [2.75, 3.05) is 46.0 Å². The standard InChI is InChI=1S/C23H31ClN2O3.2ClH/c1-2-28-23-16-19(17-25-10-5-11-26-12-14-27-15-13-26)8-9-22(23)29-18-20-6-3-4-7-21(20)24;;/h3-4,6-9,16,25H,2,5,10-15,17-18H2,1H3;2*1H. The number of rotatable bonds is 11. The number of halogens is 3. The van der Waals surface area contributed by atoms with Crippen LogP contribution in [0.5, 0.6) is 11.5 Å². The predicted octanol–water partition coefficient (Wildman–Crippen LogP) is 4.97. The zero-order valence-corrected chi connectivity index (χ0v) is 20.4. The monoisotopic (exact) mass is 490 g/mol. The molecule has 0 unspecified atom stereocenters. The van der Waals surface area contributed by atoms with Crippen LogP contribution in [0.1, 0.15) is 24.5 Å². The minimum atomic E-state index is 0. The first kappa shape index (κ1) is 27.8. The molecule has 8 heteroatoms. The number of nitrogens with one attached hydrogen (secondary N) is 1. The summed E-state index contributed by atoms with van der Waals surface area (Å²) in [6, 6.07) is 13.8. The van der Waals surface area contributed by atoms with Gasteiger partial charge in [-0.25, -0.2) is 0 Å². The molecule has 1 aliphatic rings. The van der Waals surface area contributed by atoms with Gasteiger partial charge in [-0.3, -0.25) is 4.90 Å². The van der Waals surface area contributed by atoms with E-state index in [9.17, 15) is 0 Å². The Morgan fingerprint density at radius 2 is 1.81 bits per heavy atom. The molecule has 5 nitrogen and oxygen atoms in total. The van der Waals surface area contributed by atoms with Crippen molar-refractivity contribution in [3.8, 4) is 11.5 Å². The summed E-state index contributed by atoms with van der Waals surface area (Å²) in [5, 5.41) is 4.24. The van der Waals surface area contributed by atoms with Crippen molar-refractivity contribution in [2.45, 2.75) is 26.5 Å². The molecule has 2 aromatic carbocycles. The first-order valence-electron chi connectivity index (χ1n) is 10.4. The number of ether oxygens (including phenoxy) is 3. The molecule has 0 aliphatic carbocycles. The molecule has 1 N–H and O–H groups in total. The topological polar surface area (TPSA) is 43.0 Å². The van der Waals surface area contributed by atoms with Crippen molar-refractivity contribution in [2.24, 2.45) is 0 Å². The molecule has 3 rings (SSSR count). The lowest BCUT2D eigenvalue weighted by Gasteiger charge is -2.26. The highest BCUT2D eigenvalue weighted by atomic mass is 35.5. The van der Waals surface area contributed by atoms with Gasteiger partial charge in [-0.2, -0.15) is 0 Å². The number of hydrogen-bond acceptors (Lipinski definition) is 5. The molecule has 0 atom stereocenters. The highest BCUT2D eigenvalue weighted by Crippen LogP contribution is 2.30. The summed E-state index contributed by atoms with van der Waals surface area (Å²) in [5.41, 5.74) is 2.15. The van der Waals surface area contributed by atoms with Gasteiger partial charge in [0.2, 0.25) is 0 Å². The average Bonchev–Trinajstić information content (AvgIpc) is 2.75. The molecule has 0 saturated carbocycles. The molecule has 174 valence electrons. The number of hydrogen-bond donors (Lipinski definition) is 1. The Balaban J connectivity index is 0.00000240. The molecule has 1 fully saturated rings.